The number of anilines is 4. The van der Waals surface area contributed by atoms with Gasteiger partial charge in [0.1, 0.15) is 5.75 Å². The van der Waals surface area contributed by atoms with Crippen LogP contribution in [0.4, 0.5) is 22.9 Å². The second kappa shape index (κ2) is 12.5. The van der Waals surface area contributed by atoms with E-state index in [2.05, 4.69) is 43.0 Å². The number of Topliss-reactive ketones (excluding diaryl/α,β-unsaturated/α-hetero) is 1. The number of aromatic nitrogens is 2. The fourth-order valence-electron chi connectivity index (χ4n) is 4.43. The Balaban J connectivity index is 1.47. The van der Waals surface area contributed by atoms with Gasteiger partial charge in [0.2, 0.25) is 5.91 Å². The van der Waals surface area contributed by atoms with Crippen molar-refractivity contribution >= 4 is 34.6 Å². The summed E-state index contributed by atoms with van der Waals surface area (Å²) < 4.78 is 5.19. The van der Waals surface area contributed by atoms with Gasteiger partial charge in [-0.05, 0) is 57.1 Å². The number of aryl methyl sites for hydroxylation is 1. The second-order valence-corrected chi connectivity index (χ2v) is 9.62. The average molecular weight is 520 g/mol. The summed E-state index contributed by atoms with van der Waals surface area (Å²) in [6.45, 7) is 7.66. The van der Waals surface area contributed by atoms with Crippen LogP contribution in [0.15, 0.2) is 42.5 Å². The molecule has 0 saturated carbocycles. The van der Waals surface area contributed by atoms with Crippen molar-refractivity contribution in [1.29, 1.82) is 0 Å². The zero-order chi connectivity index (χ0) is 27.1. The van der Waals surface area contributed by atoms with E-state index in [0.29, 0.717) is 23.6 Å². The van der Waals surface area contributed by atoms with Crippen LogP contribution in [0.2, 0.25) is 0 Å². The van der Waals surface area contributed by atoms with Crippen molar-refractivity contribution in [3.63, 3.8) is 0 Å². The Hall–Kier alpha value is -4.05. The minimum Gasteiger partial charge on any atom is -0.497 e. The number of hydrogen-bond donors (Lipinski definition) is 4. The summed E-state index contributed by atoms with van der Waals surface area (Å²) >= 11 is 0. The highest BCUT2D eigenvalue weighted by atomic mass is 16.5. The highest BCUT2D eigenvalue weighted by Crippen LogP contribution is 2.35. The van der Waals surface area contributed by atoms with Gasteiger partial charge in [-0.1, -0.05) is 12.1 Å². The Morgan fingerprint density at radius 2 is 1.79 bits per heavy atom. The Labute approximate surface area is 223 Å². The smallest absolute Gasteiger partial charge is 0.239 e. The summed E-state index contributed by atoms with van der Waals surface area (Å²) in [5.41, 5.74) is 4.97. The van der Waals surface area contributed by atoms with Crippen LogP contribution in [0.25, 0.3) is 0 Å². The van der Waals surface area contributed by atoms with Crippen molar-refractivity contribution in [1.82, 2.24) is 20.4 Å². The van der Waals surface area contributed by atoms with E-state index in [-0.39, 0.29) is 18.2 Å². The number of rotatable bonds is 11. The summed E-state index contributed by atoms with van der Waals surface area (Å²) in [5, 5.41) is 16.7. The number of nitrogens with one attached hydrogen (secondary N) is 4. The van der Waals surface area contributed by atoms with Crippen molar-refractivity contribution in [3.8, 4) is 5.75 Å². The molecule has 1 aliphatic rings. The van der Waals surface area contributed by atoms with Crippen LogP contribution in [0.1, 0.15) is 28.5 Å². The number of piperazine rings is 1. The molecule has 1 aromatic heterocycles. The second-order valence-electron chi connectivity index (χ2n) is 9.62. The van der Waals surface area contributed by atoms with Crippen molar-refractivity contribution in [3.05, 3.63) is 59.3 Å². The lowest BCUT2D eigenvalue weighted by molar-refractivity contribution is -0.119. The van der Waals surface area contributed by atoms with Crippen LogP contribution in [0, 0.1) is 6.92 Å². The molecule has 0 spiro atoms. The Kier molecular flexibility index (Phi) is 8.85. The first kappa shape index (κ1) is 27.0. The van der Waals surface area contributed by atoms with Gasteiger partial charge in [-0.2, -0.15) is 5.10 Å². The largest absolute Gasteiger partial charge is 0.497 e. The van der Waals surface area contributed by atoms with Gasteiger partial charge >= 0.3 is 0 Å². The van der Waals surface area contributed by atoms with E-state index in [1.807, 2.05) is 49.4 Å². The standard InChI is InChI=1S/C28H37N7O3/c1-19-15-27(33-32-19)31-24-17-26(35-13-11-34(3)12-14-35)25(16-23(24)20(2)36)30-18-28(37)29-10-9-21-5-7-22(38-4)8-6-21/h5-8,15-17,30H,9-14,18H2,1-4H3,(H,29,37)(H2,31,32,33). The maximum atomic E-state index is 12.7. The lowest BCUT2D eigenvalue weighted by Crippen LogP contribution is -2.44. The van der Waals surface area contributed by atoms with Gasteiger partial charge in [-0.25, -0.2) is 0 Å². The average Bonchev–Trinajstić information content (AvgIpc) is 3.32. The van der Waals surface area contributed by atoms with Gasteiger partial charge in [0.25, 0.3) is 0 Å². The minimum atomic E-state index is -0.110. The molecule has 0 aliphatic carbocycles. The van der Waals surface area contributed by atoms with Crippen LogP contribution >= 0.6 is 0 Å². The first-order valence-electron chi connectivity index (χ1n) is 12.9. The summed E-state index contributed by atoms with van der Waals surface area (Å²) in [4.78, 5) is 29.8. The number of nitrogens with zero attached hydrogens (tertiary/aromatic N) is 3. The van der Waals surface area contributed by atoms with Gasteiger partial charge in [0, 0.05) is 50.0 Å². The summed E-state index contributed by atoms with van der Waals surface area (Å²) in [5.74, 6) is 1.27. The molecule has 202 valence electrons. The fourth-order valence-corrected chi connectivity index (χ4v) is 4.43. The molecule has 1 amide bonds. The van der Waals surface area contributed by atoms with E-state index in [0.717, 1.165) is 61.0 Å². The van der Waals surface area contributed by atoms with E-state index in [1.54, 1.807) is 14.0 Å². The van der Waals surface area contributed by atoms with Crippen LogP contribution in [-0.4, -0.2) is 80.2 Å². The molecule has 0 unspecified atom stereocenters. The predicted octanol–water partition coefficient (Wildman–Crippen LogP) is 3.20. The fraction of sp³-hybridized carbons (Fsp3) is 0.393. The summed E-state index contributed by atoms with van der Waals surface area (Å²) in [6, 6.07) is 13.5. The van der Waals surface area contributed by atoms with Crippen LogP contribution in [0.3, 0.4) is 0 Å². The number of carbonyl (C=O) groups is 2. The molecule has 10 nitrogen and oxygen atoms in total. The van der Waals surface area contributed by atoms with Crippen molar-refractivity contribution in [2.75, 3.05) is 69.0 Å². The number of hydrogen-bond acceptors (Lipinski definition) is 8. The van der Waals surface area contributed by atoms with Crippen molar-refractivity contribution in [2.45, 2.75) is 20.3 Å². The van der Waals surface area contributed by atoms with Gasteiger partial charge in [0.15, 0.2) is 11.6 Å². The lowest BCUT2D eigenvalue weighted by atomic mass is 10.0. The zero-order valence-corrected chi connectivity index (χ0v) is 22.6. The number of ketones is 1. The van der Waals surface area contributed by atoms with Gasteiger partial charge in [-0.3, -0.25) is 14.7 Å². The van der Waals surface area contributed by atoms with Crippen molar-refractivity contribution in [2.24, 2.45) is 0 Å². The summed E-state index contributed by atoms with van der Waals surface area (Å²) in [6.07, 6.45) is 0.726. The molecule has 2 aromatic carbocycles. The van der Waals surface area contributed by atoms with Crippen LogP contribution in [-0.2, 0) is 11.2 Å². The predicted molar refractivity (Wildman–Crippen MR) is 151 cm³/mol. The number of methoxy groups -OCH3 is 1. The Bertz CT molecular complexity index is 1250. The molecule has 1 saturated heterocycles. The molecule has 1 fully saturated rings. The molecule has 0 atom stereocenters. The Morgan fingerprint density at radius 3 is 2.42 bits per heavy atom. The highest BCUT2D eigenvalue weighted by molar-refractivity contribution is 6.03. The topological polar surface area (TPSA) is 115 Å². The molecular weight excluding hydrogens is 482 g/mol. The Morgan fingerprint density at radius 1 is 1.05 bits per heavy atom. The molecule has 0 bridgehead atoms. The number of benzene rings is 2. The molecule has 4 rings (SSSR count). The van der Waals surface area contributed by atoms with E-state index in [9.17, 15) is 9.59 Å². The highest BCUT2D eigenvalue weighted by Gasteiger charge is 2.21. The third-order valence-electron chi connectivity index (χ3n) is 6.66. The monoisotopic (exact) mass is 519 g/mol. The maximum absolute atomic E-state index is 12.7. The van der Waals surface area contributed by atoms with E-state index >= 15 is 0 Å². The number of ether oxygens (including phenoxy) is 1. The molecule has 0 radical (unpaired) electrons. The number of likely N-dealkylation sites (N-methyl/N-ethyl adjacent to an activating group) is 1. The number of amides is 1. The first-order valence-corrected chi connectivity index (χ1v) is 12.9. The van der Waals surface area contributed by atoms with E-state index in [4.69, 9.17) is 4.74 Å². The maximum Gasteiger partial charge on any atom is 0.239 e. The third kappa shape index (κ3) is 7.04. The molecule has 1 aliphatic heterocycles. The van der Waals surface area contributed by atoms with Gasteiger partial charge in [-0.15, -0.1) is 0 Å². The summed E-state index contributed by atoms with van der Waals surface area (Å²) in [7, 11) is 3.75. The molecule has 2 heterocycles. The van der Waals surface area contributed by atoms with Gasteiger partial charge < -0.3 is 30.5 Å². The van der Waals surface area contributed by atoms with Crippen LogP contribution < -0.4 is 25.6 Å². The number of aromatic amines is 1. The quantitative estimate of drug-likeness (QED) is 0.286. The van der Waals surface area contributed by atoms with Gasteiger partial charge in [0.05, 0.1) is 30.7 Å². The molecule has 38 heavy (non-hydrogen) atoms. The molecular formula is C28H37N7O3. The molecule has 10 heteroatoms. The number of H-pyrrole nitrogens is 1. The molecule has 4 N–H and O–H groups in total. The first-order chi connectivity index (χ1) is 18.3. The lowest BCUT2D eigenvalue weighted by Gasteiger charge is -2.35. The number of carbonyl (C=O) groups excluding carboxylic acids is 2. The SMILES string of the molecule is COc1ccc(CCNC(=O)CNc2cc(C(C)=O)c(Nc3cc(C)[nH]n3)cc2N2CCN(C)CC2)cc1. The normalized spacial score (nSPS) is 13.7. The van der Waals surface area contributed by atoms with Crippen LogP contribution in [0.5, 0.6) is 5.75 Å². The molecule has 3 aromatic rings. The minimum absolute atomic E-state index is 0.0725. The van der Waals surface area contributed by atoms with E-state index < -0.39 is 0 Å². The third-order valence-corrected chi connectivity index (χ3v) is 6.66. The zero-order valence-electron chi connectivity index (χ0n) is 22.6. The van der Waals surface area contributed by atoms with Crippen molar-refractivity contribution < 1.29 is 14.3 Å². The van der Waals surface area contributed by atoms with E-state index in [1.165, 1.54) is 0 Å².